The van der Waals surface area contributed by atoms with Crippen LogP contribution in [0.5, 0.6) is 0 Å². The fourth-order valence-electron chi connectivity index (χ4n) is 3.13. The Morgan fingerprint density at radius 3 is 2.68 bits per heavy atom. The number of H-pyrrole nitrogens is 1. The fraction of sp³-hybridized carbons (Fsp3) is 0.238. The van der Waals surface area contributed by atoms with Crippen LogP contribution in [0.15, 0.2) is 46.8 Å². The van der Waals surface area contributed by atoms with Crippen LogP contribution < -0.4 is 5.56 Å². The molecule has 7 heteroatoms. The molecule has 0 saturated carbocycles. The van der Waals surface area contributed by atoms with Crippen molar-refractivity contribution >= 4 is 11.3 Å². The lowest BCUT2D eigenvalue weighted by atomic mass is 10.1. The van der Waals surface area contributed by atoms with Crippen LogP contribution >= 0.6 is 11.3 Å². The second-order valence-electron chi connectivity index (χ2n) is 6.80. The molecule has 0 saturated heterocycles. The van der Waals surface area contributed by atoms with Crippen molar-refractivity contribution in [2.75, 3.05) is 0 Å². The van der Waals surface area contributed by atoms with Gasteiger partial charge in [-0.25, -0.2) is 14.6 Å². The highest BCUT2D eigenvalue weighted by Crippen LogP contribution is 2.24. The van der Waals surface area contributed by atoms with Gasteiger partial charge >= 0.3 is 0 Å². The van der Waals surface area contributed by atoms with E-state index in [9.17, 15) is 4.79 Å². The van der Waals surface area contributed by atoms with Crippen LogP contribution in [0.2, 0.25) is 0 Å². The minimum Gasteiger partial charge on any atom is -0.313 e. The van der Waals surface area contributed by atoms with E-state index in [-0.39, 0.29) is 5.56 Å². The molecule has 0 aliphatic rings. The second kappa shape index (κ2) is 7.52. The molecule has 0 radical (unpaired) electrons. The number of hydrogen-bond donors (Lipinski definition) is 1. The first kappa shape index (κ1) is 18.3. The molecule has 0 aliphatic heterocycles. The Labute approximate surface area is 166 Å². The van der Waals surface area contributed by atoms with E-state index in [1.807, 2.05) is 29.1 Å². The van der Waals surface area contributed by atoms with Gasteiger partial charge in [-0.05, 0) is 61.9 Å². The highest BCUT2D eigenvalue weighted by molar-refractivity contribution is 7.13. The van der Waals surface area contributed by atoms with Gasteiger partial charge in [0.1, 0.15) is 5.82 Å². The molecular formula is C21H21N5OS. The van der Waals surface area contributed by atoms with Gasteiger partial charge < -0.3 is 4.98 Å². The second-order valence-corrected chi connectivity index (χ2v) is 7.75. The number of aromatic nitrogens is 5. The van der Waals surface area contributed by atoms with Crippen LogP contribution in [0.1, 0.15) is 28.2 Å². The van der Waals surface area contributed by atoms with E-state index < -0.39 is 0 Å². The lowest BCUT2D eigenvalue weighted by Crippen LogP contribution is -2.17. The summed E-state index contributed by atoms with van der Waals surface area (Å²) in [5.41, 5.74) is 4.76. The zero-order valence-electron chi connectivity index (χ0n) is 16.1. The zero-order chi connectivity index (χ0) is 19.7. The van der Waals surface area contributed by atoms with E-state index >= 15 is 0 Å². The van der Waals surface area contributed by atoms with Crippen LogP contribution in [-0.4, -0.2) is 24.7 Å². The highest BCUT2D eigenvalue weighted by atomic mass is 32.1. The average molecular weight is 392 g/mol. The van der Waals surface area contributed by atoms with Gasteiger partial charge in [-0.1, -0.05) is 12.1 Å². The van der Waals surface area contributed by atoms with Gasteiger partial charge in [-0.3, -0.25) is 4.79 Å². The molecule has 0 fully saturated rings. The summed E-state index contributed by atoms with van der Waals surface area (Å²) in [4.78, 5) is 24.8. The van der Waals surface area contributed by atoms with E-state index in [1.165, 1.54) is 17.5 Å². The smallest absolute Gasteiger partial charge is 0.254 e. The van der Waals surface area contributed by atoms with Gasteiger partial charge in [0, 0.05) is 17.7 Å². The Morgan fingerprint density at radius 2 is 1.96 bits per heavy atom. The van der Waals surface area contributed by atoms with Crippen molar-refractivity contribution in [1.29, 1.82) is 0 Å². The third kappa shape index (κ3) is 3.53. The third-order valence-corrected chi connectivity index (χ3v) is 5.78. The summed E-state index contributed by atoms with van der Waals surface area (Å²) in [6.45, 7) is 6.04. The minimum atomic E-state index is -0.0942. The van der Waals surface area contributed by atoms with E-state index in [4.69, 9.17) is 10.1 Å². The molecule has 3 aromatic heterocycles. The van der Waals surface area contributed by atoms with Gasteiger partial charge in [0.05, 0.1) is 16.9 Å². The van der Waals surface area contributed by atoms with E-state index in [2.05, 4.69) is 42.0 Å². The molecule has 3 heterocycles. The van der Waals surface area contributed by atoms with Crippen molar-refractivity contribution in [3.05, 3.63) is 80.6 Å². The SMILES string of the molecule is Cc1ccc(-n2nc(-c3cccs3)nc2CCc2c(C)nc[nH]c2=O)cc1C. The predicted octanol–water partition coefficient (Wildman–Crippen LogP) is 3.79. The Kier molecular flexibility index (Phi) is 4.92. The molecule has 1 aromatic carbocycles. The fourth-order valence-corrected chi connectivity index (χ4v) is 3.78. The monoisotopic (exact) mass is 391 g/mol. The summed E-state index contributed by atoms with van der Waals surface area (Å²) in [6.07, 6.45) is 2.59. The molecule has 28 heavy (non-hydrogen) atoms. The first-order valence-electron chi connectivity index (χ1n) is 9.13. The topological polar surface area (TPSA) is 76.5 Å². The molecule has 4 rings (SSSR count). The van der Waals surface area contributed by atoms with Crippen molar-refractivity contribution in [3.8, 4) is 16.4 Å². The van der Waals surface area contributed by atoms with Crippen molar-refractivity contribution in [2.24, 2.45) is 0 Å². The first-order valence-corrected chi connectivity index (χ1v) is 10.0. The lowest BCUT2D eigenvalue weighted by molar-refractivity contribution is 0.760. The Bertz CT molecular complexity index is 1170. The van der Waals surface area contributed by atoms with Crippen molar-refractivity contribution < 1.29 is 0 Å². The molecule has 4 aromatic rings. The maximum absolute atomic E-state index is 12.2. The van der Waals surface area contributed by atoms with Crippen molar-refractivity contribution in [2.45, 2.75) is 33.6 Å². The molecule has 0 aliphatic carbocycles. The average Bonchev–Trinajstić information content (AvgIpc) is 3.33. The van der Waals surface area contributed by atoms with E-state index in [1.54, 1.807) is 11.3 Å². The summed E-state index contributed by atoms with van der Waals surface area (Å²) in [5.74, 6) is 1.54. The van der Waals surface area contributed by atoms with Crippen LogP contribution in [0.3, 0.4) is 0 Å². The number of aromatic amines is 1. The summed E-state index contributed by atoms with van der Waals surface area (Å²) in [7, 11) is 0. The van der Waals surface area contributed by atoms with E-state index in [0.717, 1.165) is 22.1 Å². The molecule has 0 atom stereocenters. The Morgan fingerprint density at radius 1 is 1.11 bits per heavy atom. The molecule has 0 bridgehead atoms. The predicted molar refractivity (Wildman–Crippen MR) is 111 cm³/mol. The van der Waals surface area contributed by atoms with Crippen molar-refractivity contribution in [1.82, 2.24) is 24.7 Å². The molecule has 0 unspecified atom stereocenters. The molecule has 142 valence electrons. The largest absolute Gasteiger partial charge is 0.313 e. The summed E-state index contributed by atoms with van der Waals surface area (Å²) < 4.78 is 1.89. The number of benzene rings is 1. The molecule has 1 N–H and O–H groups in total. The quantitative estimate of drug-likeness (QED) is 0.562. The van der Waals surface area contributed by atoms with Crippen LogP contribution in [0.25, 0.3) is 16.4 Å². The lowest BCUT2D eigenvalue weighted by Gasteiger charge is -2.09. The first-order chi connectivity index (χ1) is 13.5. The normalized spacial score (nSPS) is 11.1. The number of thiophene rings is 1. The maximum atomic E-state index is 12.2. The summed E-state index contributed by atoms with van der Waals surface area (Å²) in [6, 6.07) is 10.3. The van der Waals surface area contributed by atoms with Gasteiger partial charge in [-0.15, -0.1) is 16.4 Å². The number of nitrogens with one attached hydrogen (secondary N) is 1. The minimum absolute atomic E-state index is 0.0942. The Balaban J connectivity index is 1.74. The number of rotatable bonds is 5. The molecule has 0 spiro atoms. The molecule has 0 amide bonds. The third-order valence-electron chi connectivity index (χ3n) is 4.91. The summed E-state index contributed by atoms with van der Waals surface area (Å²) in [5, 5.41) is 6.78. The van der Waals surface area contributed by atoms with Gasteiger partial charge in [0.25, 0.3) is 5.56 Å². The summed E-state index contributed by atoms with van der Waals surface area (Å²) >= 11 is 1.61. The Hall–Kier alpha value is -3.06. The highest BCUT2D eigenvalue weighted by Gasteiger charge is 2.16. The molecular weight excluding hydrogens is 370 g/mol. The number of aryl methyl sites for hydroxylation is 4. The number of nitrogens with zero attached hydrogens (tertiary/aromatic N) is 4. The van der Waals surface area contributed by atoms with Gasteiger partial charge in [0.2, 0.25) is 0 Å². The van der Waals surface area contributed by atoms with Crippen LogP contribution in [0, 0.1) is 20.8 Å². The zero-order valence-corrected chi connectivity index (χ0v) is 16.9. The van der Waals surface area contributed by atoms with Gasteiger partial charge in [0.15, 0.2) is 5.82 Å². The van der Waals surface area contributed by atoms with E-state index in [0.29, 0.717) is 24.2 Å². The number of hydrogen-bond acceptors (Lipinski definition) is 5. The standard InChI is InChI=1S/C21H21N5OS/c1-13-6-7-16(11-14(13)2)26-19(24-20(25-26)18-5-4-10-28-18)9-8-17-15(3)22-12-23-21(17)27/h4-7,10-12H,8-9H2,1-3H3,(H,22,23,27). The van der Waals surface area contributed by atoms with Crippen LogP contribution in [-0.2, 0) is 12.8 Å². The van der Waals surface area contributed by atoms with Crippen LogP contribution in [0.4, 0.5) is 0 Å². The van der Waals surface area contributed by atoms with Gasteiger partial charge in [-0.2, -0.15) is 0 Å². The van der Waals surface area contributed by atoms with Crippen molar-refractivity contribution in [3.63, 3.8) is 0 Å². The maximum Gasteiger partial charge on any atom is 0.254 e. The molecule has 6 nitrogen and oxygen atoms in total.